The van der Waals surface area contributed by atoms with Gasteiger partial charge in [-0.2, -0.15) is 5.10 Å². The Morgan fingerprint density at radius 3 is 2.20 bits per heavy atom. The van der Waals surface area contributed by atoms with Gasteiger partial charge in [-0.1, -0.05) is 0 Å². The summed E-state index contributed by atoms with van der Waals surface area (Å²) in [6, 6.07) is 3.13. The first kappa shape index (κ1) is 9.57. The van der Waals surface area contributed by atoms with Crippen LogP contribution in [0, 0.1) is 17.5 Å². The predicted octanol–water partition coefficient (Wildman–Crippen LogP) is 1.87. The van der Waals surface area contributed by atoms with Gasteiger partial charge in [-0.3, -0.25) is 0 Å². The molecule has 0 bridgehead atoms. The number of anilines is 1. The van der Waals surface area contributed by atoms with Gasteiger partial charge >= 0.3 is 0 Å². The Kier molecular flexibility index (Phi) is 2.11. The SMILES string of the molecule is Nc1ccn(-c2cc(F)c(F)c(F)c2)n1. The molecule has 2 aromatic rings. The number of nitrogens with two attached hydrogens (primary N) is 1. The van der Waals surface area contributed by atoms with Crippen molar-refractivity contribution in [3.63, 3.8) is 0 Å². The number of nitrogens with zero attached hydrogens (tertiary/aromatic N) is 2. The lowest BCUT2D eigenvalue weighted by molar-refractivity contribution is 0.446. The lowest BCUT2D eigenvalue weighted by atomic mass is 10.3. The third-order valence-corrected chi connectivity index (χ3v) is 1.84. The molecule has 0 saturated heterocycles. The molecule has 0 aliphatic heterocycles. The first-order valence-corrected chi connectivity index (χ1v) is 4.04. The molecule has 15 heavy (non-hydrogen) atoms. The van der Waals surface area contributed by atoms with Gasteiger partial charge < -0.3 is 5.73 Å². The standard InChI is InChI=1S/C9H6F3N3/c10-6-3-5(4-7(11)9(6)12)15-2-1-8(13)14-15/h1-4H,(H2,13,14). The maximum absolute atomic E-state index is 12.8. The minimum absolute atomic E-state index is 0.0723. The zero-order chi connectivity index (χ0) is 11.0. The van der Waals surface area contributed by atoms with Crippen LogP contribution in [0.25, 0.3) is 5.69 Å². The quantitative estimate of drug-likeness (QED) is 0.735. The first-order chi connectivity index (χ1) is 7.08. The molecule has 78 valence electrons. The molecule has 2 rings (SSSR count). The average molecular weight is 213 g/mol. The summed E-state index contributed by atoms with van der Waals surface area (Å²) in [5.74, 6) is -3.82. The Bertz CT molecular complexity index is 484. The molecule has 1 heterocycles. The fourth-order valence-electron chi connectivity index (χ4n) is 1.16. The number of rotatable bonds is 1. The molecule has 0 saturated carbocycles. The Balaban J connectivity index is 2.55. The van der Waals surface area contributed by atoms with Crippen molar-refractivity contribution in [2.75, 3.05) is 5.73 Å². The summed E-state index contributed by atoms with van der Waals surface area (Å²) in [6.07, 6.45) is 1.42. The van der Waals surface area contributed by atoms with E-state index in [0.717, 1.165) is 16.8 Å². The van der Waals surface area contributed by atoms with Gasteiger partial charge in [-0.05, 0) is 0 Å². The molecule has 0 radical (unpaired) electrons. The second-order valence-corrected chi connectivity index (χ2v) is 2.91. The van der Waals surface area contributed by atoms with Crippen molar-refractivity contribution in [2.24, 2.45) is 0 Å². The molecule has 0 fully saturated rings. The van der Waals surface area contributed by atoms with Gasteiger partial charge in [0, 0.05) is 24.4 Å². The summed E-state index contributed by atoms with van der Waals surface area (Å²) >= 11 is 0. The smallest absolute Gasteiger partial charge is 0.194 e. The van der Waals surface area contributed by atoms with Crippen LogP contribution >= 0.6 is 0 Å². The molecule has 0 unspecified atom stereocenters. The van der Waals surface area contributed by atoms with Crippen LogP contribution in [0.15, 0.2) is 24.4 Å². The zero-order valence-corrected chi connectivity index (χ0v) is 7.42. The molecule has 3 nitrogen and oxygen atoms in total. The van der Waals surface area contributed by atoms with Gasteiger partial charge in [0.2, 0.25) is 0 Å². The summed E-state index contributed by atoms with van der Waals surface area (Å²) < 4.78 is 39.5. The van der Waals surface area contributed by atoms with E-state index in [9.17, 15) is 13.2 Å². The van der Waals surface area contributed by atoms with E-state index in [1.54, 1.807) is 0 Å². The lowest BCUT2D eigenvalue weighted by Crippen LogP contribution is -2.00. The monoisotopic (exact) mass is 213 g/mol. The Morgan fingerprint density at radius 2 is 1.73 bits per heavy atom. The van der Waals surface area contributed by atoms with Gasteiger partial charge in [-0.15, -0.1) is 0 Å². The number of aromatic nitrogens is 2. The van der Waals surface area contributed by atoms with Crippen LogP contribution in [0.3, 0.4) is 0 Å². The van der Waals surface area contributed by atoms with E-state index in [4.69, 9.17) is 5.73 Å². The molecule has 1 aromatic carbocycles. The summed E-state index contributed by atoms with van der Waals surface area (Å²) in [4.78, 5) is 0. The number of halogens is 3. The van der Waals surface area contributed by atoms with Crippen molar-refractivity contribution in [3.8, 4) is 5.69 Å². The molecule has 0 atom stereocenters. The normalized spacial score (nSPS) is 10.6. The Hall–Kier alpha value is -1.98. The molecule has 0 amide bonds. The van der Waals surface area contributed by atoms with Gasteiger partial charge in [0.25, 0.3) is 0 Å². The number of nitrogen functional groups attached to an aromatic ring is 1. The highest BCUT2D eigenvalue weighted by atomic mass is 19.2. The minimum atomic E-state index is -1.50. The zero-order valence-electron chi connectivity index (χ0n) is 7.42. The van der Waals surface area contributed by atoms with Crippen molar-refractivity contribution in [2.45, 2.75) is 0 Å². The molecule has 0 aliphatic rings. The van der Waals surface area contributed by atoms with Gasteiger partial charge in [0.1, 0.15) is 5.82 Å². The summed E-state index contributed by atoms with van der Waals surface area (Å²) in [5.41, 5.74) is 5.40. The van der Waals surface area contributed by atoms with E-state index in [-0.39, 0.29) is 11.5 Å². The third-order valence-electron chi connectivity index (χ3n) is 1.84. The van der Waals surface area contributed by atoms with E-state index in [2.05, 4.69) is 5.10 Å². The van der Waals surface area contributed by atoms with Crippen LogP contribution in [0.4, 0.5) is 19.0 Å². The highest BCUT2D eigenvalue weighted by Gasteiger charge is 2.11. The molecule has 0 aliphatic carbocycles. The maximum atomic E-state index is 12.8. The fraction of sp³-hybridized carbons (Fsp3) is 0. The average Bonchev–Trinajstić information content (AvgIpc) is 2.60. The van der Waals surface area contributed by atoms with E-state index in [0.29, 0.717) is 0 Å². The van der Waals surface area contributed by atoms with Crippen LogP contribution in [-0.4, -0.2) is 9.78 Å². The van der Waals surface area contributed by atoms with Gasteiger partial charge in [-0.25, -0.2) is 17.9 Å². The van der Waals surface area contributed by atoms with Gasteiger partial charge in [0.15, 0.2) is 17.5 Å². The van der Waals surface area contributed by atoms with E-state index < -0.39 is 17.5 Å². The maximum Gasteiger partial charge on any atom is 0.194 e. The van der Waals surface area contributed by atoms with Crippen LogP contribution < -0.4 is 5.73 Å². The number of benzene rings is 1. The molecular formula is C9H6F3N3. The van der Waals surface area contributed by atoms with Crippen molar-refractivity contribution < 1.29 is 13.2 Å². The van der Waals surface area contributed by atoms with Gasteiger partial charge in [0.05, 0.1) is 5.69 Å². The highest BCUT2D eigenvalue weighted by Crippen LogP contribution is 2.16. The second kappa shape index (κ2) is 3.30. The van der Waals surface area contributed by atoms with Crippen molar-refractivity contribution in [1.29, 1.82) is 0 Å². The summed E-state index contributed by atoms with van der Waals surface area (Å²) in [5, 5.41) is 3.73. The number of hydrogen-bond acceptors (Lipinski definition) is 2. The minimum Gasteiger partial charge on any atom is -0.382 e. The van der Waals surface area contributed by atoms with E-state index >= 15 is 0 Å². The highest BCUT2D eigenvalue weighted by molar-refractivity contribution is 5.36. The van der Waals surface area contributed by atoms with Crippen molar-refractivity contribution in [3.05, 3.63) is 41.8 Å². The molecule has 0 spiro atoms. The molecule has 1 aromatic heterocycles. The lowest BCUT2D eigenvalue weighted by Gasteiger charge is -2.02. The third kappa shape index (κ3) is 1.65. The summed E-state index contributed by atoms with van der Waals surface area (Å²) in [6.45, 7) is 0. The largest absolute Gasteiger partial charge is 0.382 e. The molecule has 6 heteroatoms. The van der Waals surface area contributed by atoms with Crippen molar-refractivity contribution in [1.82, 2.24) is 9.78 Å². The van der Waals surface area contributed by atoms with E-state index in [1.807, 2.05) is 0 Å². The molecular weight excluding hydrogens is 207 g/mol. The Labute approximate surface area is 82.9 Å². The Morgan fingerprint density at radius 1 is 1.13 bits per heavy atom. The van der Waals surface area contributed by atoms with Crippen LogP contribution in [0.2, 0.25) is 0 Å². The number of hydrogen-bond donors (Lipinski definition) is 1. The second-order valence-electron chi connectivity index (χ2n) is 2.91. The fourth-order valence-corrected chi connectivity index (χ4v) is 1.16. The first-order valence-electron chi connectivity index (χ1n) is 4.04. The predicted molar refractivity (Wildman–Crippen MR) is 47.9 cm³/mol. The molecule has 2 N–H and O–H groups in total. The van der Waals surface area contributed by atoms with Crippen LogP contribution in [0.1, 0.15) is 0 Å². The summed E-state index contributed by atoms with van der Waals surface area (Å²) in [7, 11) is 0. The van der Waals surface area contributed by atoms with Crippen LogP contribution in [-0.2, 0) is 0 Å². The van der Waals surface area contributed by atoms with Crippen molar-refractivity contribution >= 4 is 5.82 Å². The topological polar surface area (TPSA) is 43.8 Å². The van der Waals surface area contributed by atoms with E-state index in [1.165, 1.54) is 12.3 Å². The van der Waals surface area contributed by atoms with Crippen LogP contribution in [0.5, 0.6) is 0 Å².